The Bertz CT molecular complexity index is 1180. The average molecular weight is 428 g/mol. The van der Waals surface area contributed by atoms with Gasteiger partial charge in [-0.25, -0.2) is 4.37 Å². The van der Waals surface area contributed by atoms with Crippen molar-refractivity contribution in [3.8, 4) is 16.2 Å². The number of amides is 2. The number of methoxy groups -OCH3 is 1. The summed E-state index contributed by atoms with van der Waals surface area (Å²) >= 11 is 1.30. The van der Waals surface area contributed by atoms with E-state index >= 15 is 0 Å². The topological polar surface area (TPSA) is 118 Å². The van der Waals surface area contributed by atoms with Crippen molar-refractivity contribution < 1.29 is 18.4 Å². The fourth-order valence-corrected chi connectivity index (χ4v) is 3.51. The molecule has 30 heavy (non-hydrogen) atoms. The van der Waals surface area contributed by atoms with Crippen LogP contribution in [0.5, 0.6) is 5.75 Å². The van der Waals surface area contributed by atoms with E-state index in [9.17, 15) is 9.59 Å². The molecule has 4 rings (SSSR count). The van der Waals surface area contributed by atoms with E-state index in [-0.39, 0.29) is 29.0 Å². The van der Waals surface area contributed by atoms with Crippen molar-refractivity contribution in [3.63, 3.8) is 0 Å². The number of ether oxygens (including phenoxy) is 1. The van der Waals surface area contributed by atoms with Crippen LogP contribution >= 0.6 is 11.5 Å². The number of para-hydroxylation sites is 1. The predicted octanol–water partition coefficient (Wildman–Crippen LogP) is 3.06. The van der Waals surface area contributed by atoms with Gasteiger partial charge in [0.05, 0.1) is 23.4 Å². The Morgan fingerprint density at radius 1 is 1.23 bits per heavy atom. The molecule has 10 heteroatoms. The lowest BCUT2D eigenvalue weighted by Gasteiger charge is -2.16. The minimum Gasteiger partial charge on any atom is -0.494 e. The molecule has 0 saturated heterocycles. The normalized spacial score (nSPS) is 14.8. The molecule has 0 spiro atoms. The Labute approximate surface area is 181 Å². The van der Waals surface area contributed by atoms with Gasteiger partial charge < -0.3 is 20.7 Å². The number of hydrogen-bond donors (Lipinski definition) is 3. The van der Waals surface area contributed by atoms with Gasteiger partial charge >= 0.3 is 0 Å². The third-order valence-corrected chi connectivity index (χ3v) is 5.29. The van der Waals surface area contributed by atoms with Crippen LogP contribution in [0, 0.1) is 5.92 Å². The van der Waals surface area contributed by atoms with Crippen molar-refractivity contribution in [2.24, 2.45) is 5.92 Å². The lowest BCUT2D eigenvalue weighted by Crippen LogP contribution is -2.22. The summed E-state index contributed by atoms with van der Waals surface area (Å²) in [6.45, 7) is -2.71. The van der Waals surface area contributed by atoms with E-state index in [0.717, 1.165) is 23.3 Å². The summed E-state index contributed by atoms with van der Waals surface area (Å²) in [6.07, 6.45) is 3.30. The Morgan fingerprint density at radius 3 is 2.80 bits per heavy atom. The molecule has 2 heterocycles. The Morgan fingerprint density at radius 2 is 2.10 bits per heavy atom. The van der Waals surface area contributed by atoms with Crippen LogP contribution in [0.3, 0.4) is 0 Å². The van der Waals surface area contributed by atoms with Crippen LogP contribution in [0.4, 0.5) is 17.2 Å². The first-order valence-electron chi connectivity index (χ1n) is 10.6. The molecular weight excluding hydrogens is 404 g/mol. The second-order valence-electron chi connectivity index (χ2n) is 6.60. The maximum absolute atomic E-state index is 12.6. The number of carbonyl (C=O) groups excluding carboxylic acids is 2. The molecule has 1 aromatic carbocycles. The van der Waals surface area contributed by atoms with Crippen LogP contribution in [0.2, 0.25) is 0 Å². The van der Waals surface area contributed by atoms with Crippen molar-refractivity contribution in [2.75, 3.05) is 24.7 Å². The minimum absolute atomic E-state index is 0.0575. The van der Waals surface area contributed by atoms with E-state index in [0.29, 0.717) is 11.4 Å². The molecule has 0 atom stereocenters. The van der Waals surface area contributed by atoms with Crippen molar-refractivity contribution in [3.05, 3.63) is 42.2 Å². The van der Waals surface area contributed by atoms with E-state index in [1.165, 1.54) is 24.7 Å². The molecule has 1 aliphatic rings. The van der Waals surface area contributed by atoms with Gasteiger partial charge in [-0.15, -0.1) is 10.2 Å². The maximum atomic E-state index is 12.6. The zero-order chi connectivity index (χ0) is 23.6. The summed E-state index contributed by atoms with van der Waals surface area (Å²) < 4.78 is 31.7. The number of hydrogen-bond acceptors (Lipinski definition) is 8. The smallest absolute Gasteiger partial charge is 0.273 e. The van der Waals surface area contributed by atoms with Gasteiger partial charge in [0.1, 0.15) is 0 Å². The largest absolute Gasteiger partial charge is 0.494 e. The van der Waals surface area contributed by atoms with E-state index in [1.54, 1.807) is 18.3 Å². The standard InChI is InChI=1S/C20H20N6O3S/c1-21-20(28)17-14(10-16(25-26-17)24-19(27)11-6-7-11)23-13-5-3-4-12(18(13)29-2)15-8-9-22-30-15/h3-5,8-11H,6-7H2,1-2H3,(H,21,28)(H2,23,24,25,27)/i1D3. The van der Waals surface area contributed by atoms with Crippen molar-refractivity contribution in [1.82, 2.24) is 19.9 Å². The van der Waals surface area contributed by atoms with Gasteiger partial charge in [-0.05, 0) is 42.6 Å². The second kappa shape index (κ2) is 8.46. The van der Waals surface area contributed by atoms with E-state index in [2.05, 4.69) is 25.2 Å². The molecule has 154 valence electrons. The average Bonchev–Trinajstić information content (AvgIpc) is 3.47. The summed E-state index contributed by atoms with van der Waals surface area (Å²) in [4.78, 5) is 25.6. The minimum atomic E-state index is -2.71. The van der Waals surface area contributed by atoms with Gasteiger partial charge in [0.2, 0.25) is 5.91 Å². The third-order valence-electron chi connectivity index (χ3n) is 4.51. The Balaban J connectivity index is 1.72. The van der Waals surface area contributed by atoms with Crippen LogP contribution < -0.4 is 20.7 Å². The summed E-state index contributed by atoms with van der Waals surface area (Å²) in [5, 5.41) is 15.4. The number of benzene rings is 1. The summed E-state index contributed by atoms with van der Waals surface area (Å²) in [5.74, 6) is -0.554. The number of carbonyl (C=O) groups is 2. The van der Waals surface area contributed by atoms with Crippen molar-refractivity contribution >= 4 is 40.5 Å². The number of nitrogens with zero attached hydrogens (tertiary/aromatic N) is 3. The summed E-state index contributed by atoms with van der Waals surface area (Å²) in [6, 6.07) is 8.68. The molecule has 1 saturated carbocycles. The summed E-state index contributed by atoms with van der Waals surface area (Å²) in [7, 11) is 1.51. The predicted molar refractivity (Wildman–Crippen MR) is 114 cm³/mol. The highest BCUT2D eigenvalue weighted by molar-refractivity contribution is 7.09. The molecule has 0 unspecified atom stereocenters. The lowest BCUT2D eigenvalue weighted by molar-refractivity contribution is -0.117. The Kier molecular flexibility index (Phi) is 4.59. The molecule has 2 amide bonds. The molecular formula is C20H20N6O3S. The third kappa shape index (κ3) is 4.08. The zero-order valence-corrected chi connectivity index (χ0v) is 16.7. The molecule has 3 aromatic rings. The maximum Gasteiger partial charge on any atom is 0.273 e. The van der Waals surface area contributed by atoms with Gasteiger partial charge in [0.15, 0.2) is 17.3 Å². The Hall–Kier alpha value is -3.53. The molecule has 0 bridgehead atoms. The molecule has 9 nitrogen and oxygen atoms in total. The van der Waals surface area contributed by atoms with E-state index in [1.807, 2.05) is 17.4 Å². The van der Waals surface area contributed by atoms with Crippen molar-refractivity contribution in [2.45, 2.75) is 12.8 Å². The van der Waals surface area contributed by atoms with Crippen LogP contribution in [0.25, 0.3) is 10.4 Å². The van der Waals surface area contributed by atoms with Crippen LogP contribution in [-0.2, 0) is 4.79 Å². The fraction of sp³-hybridized carbons (Fsp3) is 0.250. The molecule has 2 aromatic heterocycles. The van der Waals surface area contributed by atoms with Gasteiger partial charge in [-0.1, -0.05) is 6.07 Å². The van der Waals surface area contributed by atoms with E-state index < -0.39 is 12.9 Å². The molecule has 0 radical (unpaired) electrons. The summed E-state index contributed by atoms with van der Waals surface area (Å²) in [5.41, 5.74) is 1.18. The highest BCUT2D eigenvalue weighted by Gasteiger charge is 2.30. The molecule has 3 N–H and O–H groups in total. The zero-order valence-electron chi connectivity index (χ0n) is 18.9. The highest BCUT2D eigenvalue weighted by atomic mass is 32.1. The first-order valence-corrected chi connectivity index (χ1v) is 9.88. The molecule has 1 fully saturated rings. The number of rotatable bonds is 7. The molecule has 0 aliphatic heterocycles. The van der Waals surface area contributed by atoms with Crippen molar-refractivity contribution in [1.29, 1.82) is 0 Å². The quantitative estimate of drug-likeness (QED) is 0.530. The lowest BCUT2D eigenvalue weighted by atomic mass is 10.1. The van der Waals surface area contributed by atoms with Gasteiger partial charge in [0.25, 0.3) is 5.91 Å². The number of aromatic nitrogens is 3. The van der Waals surface area contributed by atoms with E-state index in [4.69, 9.17) is 8.85 Å². The highest BCUT2D eigenvalue weighted by Crippen LogP contribution is 2.39. The molecule has 1 aliphatic carbocycles. The fourth-order valence-electron chi connectivity index (χ4n) is 2.90. The van der Waals surface area contributed by atoms with Crippen LogP contribution in [0.15, 0.2) is 36.5 Å². The van der Waals surface area contributed by atoms with Crippen LogP contribution in [-0.4, -0.2) is 40.5 Å². The van der Waals surface area contributed by atoms with Gasteiger partial charge in [-0.3, -0.25) is 9.59 Å². The first-order chi connectivity index (χ1) is 15.7. The first kappa shape index (κ1) is 16.3. The SMILES string of the molecule is [2H]C([2H])([2H])NC(=O)c1nnc(NC(=O)C2CC2)cc1Nc1cccc(-c2ccns2)c1OC. The second-order valence-corrected chi connectivity index (χ2v) is 7.43. The number of nitrogens with one attached hydrogen (secondary N) is 3. The van der Waals surface area contributed by atoms with Gasteiger partial charge in [0, 0.05) is 34.8 Å². The van der Waals surface area contributed by atoms with Gasteiger partial charge in [-0.2, -0.15) is 0 Å². The van der Waals surface area contributed by atoms with Crippen LogP contribution in [0.1, 0.15) is 27.4 Å². The monoisotopic (exact) mass is 427 g/mol. The number of anilines is 3.